The Kier molecular flexibility index (Phi) is 5.33. The Hall–Kier alpha value is -1.70. The van der Waals surface area contributed by atoms with E-state index in [9.17, 15) is 13.2 Å². The highest BCUT2D eigenvalue weighted by atomic mass is 32.2. The summed E-state index contributed by atoms with van der Waals surface area (Å²) in [6, 6.07) is 6.69. The average molecular weight is 323 g/mol. The third-order valence-electron chi connectivity index (χ3n) is 3.56. The Bertz CT molecular complexity index is 653. The normalized spacial score (nSPS) is 19.5. The van der Waals surface area contributed by atoms with Crippen molar-refractivity contribution in [3.8, 4) is 0 Å². The average Bonchev–Trinajstić information content (AvgIpc) is 2.53. The molecule has 0 radical (unpaired) electrons. The molecule has 1 aromatic carbocycles. The van der Waals surface area contributed by atoms with Crippen LogP contribution in [0.3, 0.4) is 0 Å². The van der Waals surface area contributed by atoms with Crippen LogP contribution in [0.4, 0.5) is 0 Å². The van der Waals surface area contributed by atoms with Crippen molar-refractivity contribution in [1.82, 2.24) is 14.9 Å². The summed E-state index contributed by atoms with van der Waals surface area (Å²) in [6.45, 7) is 4.25. The van der Waals surface area contributed by atoms with Gasteiger partial charge in [0, 0.05) is 31.8 Å². The standard InChI is InChI=1S/C15H21N3O3S/c1-12-11-18(10-9-17-12)15(19)8-5-13-3-6-14(7-4-13)22(20,21)16-2/h3-8,12,16-17H,9-11H2,1-2H3. The summed E-state index contributed by atoms with van der Waals surface area (Å²) in [7, 11) is -2.05. The van der Waals surface area contributed by atoms with Crippen molar-refractivity contribution in [3.05, 3.63) is 35.9 Å². The van der Waals surface area contributed by atoms with E-state index in [1.54, 1.807) is 23.1 Å². The van der Waals surface area contributed by atoms with Crippen LogP contribution in [-0.2, 0) is 14.8 Å². The number of benzene rings is 1. The van der Waals surface area contributed by atoms with Crippen molar-refractivity contribution in [2.45, 2.75) is 17.9 Å². The van der Waals surface area contributed by atoms with Gasteiger partial charge in [0.25, 0.3) is 0 Å². The zero-order chi connectivity index (χ0) is 16.2. The lowest BCUT2D eigenvalue weighted by Gasteiger charge is -2.31. The zero-order valence-electron chi connectivity index (χ0n) is 12.7. The van der Waals surface area contributed by atoms with Crippen molar-refractivity contribution in [2.24, 2.45) is 0 Å². The number of carbonyl (C=O) groups excluding carboxylic acids is 1. The van der Waals surface area contributed by atoms with Crippen LogP contribution in [0.25, 0.3) is 6.08 Å². The van der Waals surface area contributed by atoms with E-state index in [-0.39, 0.29) is 10.8 Å². The molecular weight excluding hydrogens is 302 g/mol. The Morgan fingerprint density at radius 3 is 2.64 bits per heavy atom. The smallest absolute Gasteiger partial charge is 0.246 e. The third kappa shape index (κ3) is 4.16. The predicted molar refractivity (Wildman–Crippen MR) is 85.8 cm³/mol. The molecule has 0 bridgehead atoms. The van der Waals surface area contributed by atoms with E-state index in [2.05, 4.69) is 10.0 Å². The topological polar surface area (TPSA) is 78.5 Å². The van der Waals surface area contributed by atoms with Crippen LogP contribution in [0.2, 0.25) is 0 Å². The first-order valence-electron chi connectivity index (χ1n) is 7.16. The molecule has 6 nitrogen and oxygen atoms in total. The van der Waals surface area contributed by atoms with Gasteiger partial charge >= 0.3 is 0 Å². The maximum absolute atomic E-state index is 12.1. The van der Waals surface area contributed by atoms with Crippen molar-refractivity contribution in [1.29, 1.82) is 0 Å². The summed E-state index contributed by atoms with van der Waals surface area (Å²) in [5, 5.41) is 3.29. The monoisotopic (exact) mass is 323 g/mol. The Labute approximate surface area is 131 Å². The fourth-order valence-electron chi connectivity index (χ4n) is 2.28. The molecule has 0 aromatic heterocycles. The van der Waals surface area contributed by atoms with E-state index in [0.717, 1.165) is 12.1 Å². The van der Waals surface area contributed by atoms with E-state index in [1.807, 2.05) is 6.92 Å². The lowest BCUT2D eigenvalue weighted by molar-refractivity contribution is -0.127. The molecule has 7 heteroatoms. The van der Waals surface area contributed by atoms with Gasteiger partial charge in [0.15, 0.2) is 0 Å². The van der Waals surface area contributed by atoms with Gasteiger partial charge in [0.2, 0.25) is 15.9 Å². The SMILES string of the molecule is CNS(=O)(=O)c1ccc(C=CC(=O)N2CCNC(C)C2)cc1. The largest absolute Gasteiger partial charge is 0.336 e. The van der Waals surface area contributed by atoms with Crippen LogP contribution in [0.15, 0.2) is 35.2 Å². The molecule has 1 aliphatic rings. The molecule has 1 fully saturated rings. The van der Waals surface area contributed by atoms with Crippen LogP contribution in [0.5, 0.6) is 0 Å². The number of nitrogens with zero attached hydrogens (tertiary/aromatic N) is 1. The quantitative estimate of drug-likeness (QED) is 0.788. The molecule has 1 aromatic rings. The Balaban J connectivity index is 2.02. The van der Waals surface area contributed by atoms with Gasteiger partial charge in [-0.2, -0.15) is 0 Å². The molecule has 1 heterocycles. The van der Waals surface area contributed by atoms with Gasteiger partial charge in [0.05, 0.1) is 4.90 Å². The molecule has 1 atom stereocenters. The summed E-state index contributed by atoms with van der Waals surface area (Å²) >= 11 is 0. The molecular formula is C15H21N3O3S. The first-order chi connectivity index (χ1) is 10.4. The fourth-order valence-corrected chi connectivity index (χ4v) is 3.01. The van der Waals surface area contributed by atoms with Crippen LogP contribution in [-0.4, -0.2) is 51.9 Å². The number of rotatable bonds is 4. The summed E-state index contributed by atoms with van der Waals surface area (Å²) < 4.78 is 25.5. The highest BCUT2D eigenvalue weighted by Gasteiger charge is 2.18. The van der Waals surface area contributed by atoms with Crippen LogP contribution in [0, 0.1) is 0 Å². The van der Waals surface area contributed by atoms with Gasteiger partial charge in [-0.05, 0) is 37.7 Å². The van der Waals surface area contributed by atoms with Gasteiger partial charge in [0.1, 0.15) is 0 Å². The van der Waals surface area contributed by atoms with Crippen LogP contribution in [0.1, 0.15) is 12.5 Å². The molecule has 1 saturated heterocycles. The van der Waals surface area contributed by atoms with Crippen molar-refractivity contribution < 1.29 is 13.2 Å². The van der Waals surface area contributed by atoms with Crippen LogP contribution < -0.4 is 10.0 Å². The number of nitrogens with one attached hydrogen (secondary N) is 2. The first kappa shape index (κ1) is 16.7. The second-order valence-corrected chi connectivity index (χ2v) is 7.14. The van der Waals surface area contributed by atoms with Gasteiger partial charge in [-0.1, -0.05) is 12.1 Å². The lowest BCUT2D eigenvalue weighted by Crippen LogP contribution is -2.50. The molecule has 120 valence electrons. The minimum absolute atomic E-state index is 0.0275. The Morgan fingerprint density at radius 2 is 2.05 bits per heavy atom. The molecule has 1 amide bonds. The molecule has 1 aliphatic heterocycles. The van der Waals surface area contributed by atoms with Crippen LogP contribution >= 0.6 is 0 Å². The maximum atomic E-state index is 12.1. The van der Waals surface area contributed by atoms with Crippen molar-refractivity contribution >= 4 is 22.0 Å². The van der Waals surface area contributed by atoms with E-state index in [0.29, 0.717) is 19.1 Å². The highest BCUT2D eigenvalue weighted by Crippen LogP contribution is 2.11. The third-order valence-corrected chi connectivity index (χ3v) is 4.99. The van der Waals surface area contributed by atoms with Gasteiger partial charge in [-0.15, -0.1) is 0 Å². The maximum Gasteiger partial charge on any atom is 0.246 e. The van der Waals surface area contributed by atoms with Gasteiger partial charge < -0.3 is 10.2 Å². The lowest BCUT2D eigenvalue weighted by atomic mass is 10.2. The molecule has 0 saturated carbocycles. The van der Waals surface area contributed by atoms with E-state index >= 15 is 0 Å². The molecule has 2 N–H and O–H groups in total. The minimum Gasteiger partial charge on any atom is -0.336 e. The van der Waals surface area contributed by atoms with E-state index in [4.69, 9.17) is 0 Å². The second kappa shape index (κ2) is 7.04. The van der Waals surface area contributed by atoms with Gasteiger partial charge in [-0.25, -0.2) is 13.1 Å². The van der Waals surface area contributed by atoms with E-state index < -0.39 is 10.0 Å². The molecule has 22 heavy (non-hydrogen) atoms. The number of hydrogen-bond acceptors (Lipinski definition) is 4. The number of carbonyl (C=O) groups is 1. The molecule has 1 unspecified atom stereocenters. The molecule has 0 spiro atoms. The highest BCUT2D eigenvalue weighted by molar-refractivity contribution is 7.89. The summed E-state index contributed by atoms with van der Waals surface area (Å²) in [4.78, 5) is 14.1. The fraction of sp³-hybridized carbons (Fsp3) is 0.400. The van der Waals surface area contributed by atoms with E-state index in [1.165, 1.54) is 25.3 Å². The molecule has 2 rings (SSSR count). The summed E-state index contributed by atoms with van der Waals surface area (Å²) in [6.07, 6.45) is 3.23. The minimum atomic E-state index is -3.43. The first-order valence-corrected chi connectivity index (χ1v) is 8.64. The second-order valence-electron chi connectivity index (χ2n) is 5.25. The van der Waals surface area contributed by atoms with Crippen molar-refractivity contribution in [2.75, 3.05) is 26.7 Å². The predicted octanol–water partition coefficient (Wildman–Crippen LogP) is 0.428. The zero-order valence-corrected chi connectivity index (χ0v) is 13.6. The van der Waals surface area contributed by atoms with Gasteiger partial charge in [-0.3, -0.25) is 4.79 Å². The molecule has 0 aliphatic carbocycles. The number of piperazine rings is 1. The summed E-state index contributed by atoms with van der Waals surface area (Å²) in [5.74, 6) is -0.0275. The van der Waals surface area contributed by atoms with Crippen molar-refractivity contribution in [3.63, 3.8) is 0 Å². The Morgan fingerprint density at radius 1 is 1.36 bits per heavy atom. The number of sulfonamides is 1. The number of hydrogen-bond donors (Lipinski definition) is 2. The summed E-state index contributed by atoms with van der Waals surface area (Å²) in [5.41, 5.74) is 0.784. The number of amides is 1.